The van der Waals surface area contributed by atoms with Crippen LogP contribution in [0.1, 0.15) is 29.9 Å². The van der Waals surface area contributed by atoms with Crippen molar-refractivity contribution < 1.29 is 18.0 Å². The Morgan fingerprint density at radius 1 is 1.35 bits per heavy atom. The molecule has 0 spiro atoms. The maximum absolute atomic E-state index is 12.7. The molecule has 0 saturated carbocycles. The fraction of sp³-hybridized carbons (Fsp3) is 0.333. The van der Waals surface area contributed by atoms with E-state index in [1.165, 1.54) is 18.2 Å². The molecular weight excluding hydrogens is 231 g/mol. The molecule has 0 N–H and O–H groups in total. The van der Waals surface area contributed by atoms with Crippen LogP contribution in [-0.2, 0) is 11.0 Å². The largest absolute Gasteiger partial charge is 0.416 e. The highest BCUT2D eigenvalue weighted by molar-refractivity contribution is 5.50. The van der Waals surface area contributed by atoms with Crippen molar-refractivity contribution in [1.29, 1.82) is 5.26 Å². The van der Waals surface area contributed by atoms with Crippen molar-refractivity contribution in [3.8, 4) is 6.07 Å². The molecule has 0 aromatic heterocycles. The maximum Gasteiger partial charge on any atom is 0.416 e. The third-order valence-corrected chi connectivity index (χ3v) is 2.37. The van der Waals surface area contributed by atoms with Gasteiger partial charge in [0.1, 0.15) is 6.29 Å². The van der Waals surface area contributed by atoms with Gasteiger partial charge in [-0.25, -0.2) is 0 Å². The first-order chi connectivity index (χ1) is 8.00. The fourth-order valence-corrected chi connectivity index (χ4v) is 1.58. The molecule has 1 aromatic carbocycles. The van der Waals surface area contributed by atoms with Crippen molar-refractivity contribution in [2.24, 2.45) is 0 Å². The van der Waals surface area contributed by atoms with E-state index in [-0.39, 0.29) is 18.4 Å². The number of hydrogen-bond acceptors (Lipinski definition) is 2. The van der Waals surface area contributed by atoms with Crippen LogP contribution in [0.15, 0.2) is 24.3 Å². The number of aldehydes is 1. The van der Waals surface area contributed by atoms with Crippen LogP contribution in [-0.4, -0.2) is 6.29 Å². The molecule has 1 unspecified atom stereocenters. The Kier molecular flexibility index (Phi) is 4.27. The minimum absolute atomic E-state index is 0.0654. The van der Waals surface area contributed by atoms with E-state index >= 15 is 0 Å². The van der Waals surface area contributed by atoms with E-state index in [1.54, 1.807) is 6.07 Å². The van der Waals surface area contributed by atoms with Crippen LogP contribution in [0.25, 0.3) is 0 Å². The minimum atomic E-state index is -4.48. The van der Waals surface area contributed by atoms with E-state index in [0.29, 0.717) is 6.29 Å². The van der Waals surface area contributed by atoms with Crippen LogP contribution in [0.2, 0.25) is 0 Å². The van der Waals surface area contributed by atoms with Crippen LogP contribution in [0.3, 0.4) is 0 Å². The summed E-state index contributed by atoms with van der Waals surface area (Å²) in [5.74, 6) is -0.905. The highest BCUT2D eigenvalue weighted by Gasteiger charge is 2.34. The van der Waals surface area contributed by atoms with Crippen LogP contribution in [0.5, 0.6) is 0 Å². The zero-order chi connectivity index (χ0) is 12.9. The lowest BCUT2D eigenvalue weighted by molar-refractivity contribution is -0.138. The summed E-state index contributed by atoms with van der Waals surface area (Å²) in [7, 11) is 0. The molecule has 0 saturated heterocycles. The Balaban J connectivity index is 3.12. The highest BCUT2D eigenvalue weighted by atomic mass is 19.4. The molecular formula is C12H10F3NO. The summed E-state index contributed by atoms with van der Waals surface area (Å²) in [6, 6.07) is 6.76. The molecule has 1 atom stereocenters. The normalized spacial score (nSPS) is 12.8. The van der Waals surface area contributed by atoms with Crippen molar-refractivity contribution in [2.75, 3.05) is 0 Å². The quantitative estimate of drug-likeness (QED) is 0.759. The van der Waals surface area contributed by atoms with Gasteiger partial charge in [0.25, 0.3) is 0 Å². The van der Waals surface area contributed by atoms with Crippen molar-refractivity contribution in [3.63, 3.8) is 0 Å². The molecule has 0 amide bonds. The molecule has 0 aliphatic heterocycles. The molecule has 1 aromatic rings. The molecule has 0 heterocycles. The average molecular weight is 241 g/mol. The molecule has 0 radical (unpaired) electrons. The van der Waals surface area contributed by atoms with E-state index in [2.05, 4.69) is 0 Å². The third kappa shape index (κ3) is 3.31. The van der Waals surface area contributed by atoms with E-state index < -0.39 is 17.7 Å². The van der Waals surface area contributed by atoms with Crippen LogP contribution >= 0.6 is 0 Å². The fourth-order valence-electron chi connectivity index (χ4n) is 1.58. The van der Waals surface area contributed by atoms with E-state index in [4.69, 9.17) is 5.26 Å². The Morgan fingerprint density at radius 2 is 2.00 bits per heavy atom. The van der Waals surface area contributed by atoms with Crippen molar-refractivity contribution in [3.05, 3.63) is 35.4 Å². The number of benzene rings is 1. The van der Waals surface area contributed by atoms with Gasteiger partial charge in [0, 0.05) is 6.42 Å². The van der Waals surface area contributed by atoms with E-state index in [9.17, 15) is 18.0 Å². The van der Waals surface area contributed by atoms with Gasteiger partial charge >= 0.3 is 6.18 Å². The molecule has 2 nitrogen and oxygen atoms in total. The van der Waals surface area contributed by atoms with Crippen molar-refractivity contribution in [2.45, 2.75) is 24.9 Å². The summed E-state index contributed by atoms with van der Waals surface area (Å²) in [4.78, 5) is 10.2. The zero-order valence-corrected chi connectivity index (χ0v) is 8.87. The number of alkyl halides is 3. The SMILES string of the molecule is N#CC(CCC=O)c1ccccc1C(F)(F)F. The van der Waals surface area contributed by atoms with Crippen LogP contribution in [0, 0.1) is 11.3 Å². The summed E-state index contributed by atoms with van der Waals surface area (Å²) in [5.41, 5.74) is -0.873. The first-order valence-corrected chi connectivity index (χ1v) is 5.00. The number of carbonyl (C=O) groups is 1. The van der Waals surface area contributed by atoms with Crippen molar-refractivity contribution >= 4 is 6.29 Å². The second-order valence-corrected chi connectivity index (χ2v) is 3.51. The molecule has 1 rings (SSSR count). The second-order valence-electron chi connectivity index (χ2n) is 3.51. The molecule has 17 heavy (non-hydrogen) atoms. The van der Waals surface area contributed by atoms with Gasteiger partial charge in [0.2, 0.25) is 0 Å². The number of nitriles is 1. The Hall–Kier alpha value is -1.83. The average Bonchev–Trinajstić information content (AvgIpc) is 2.29. The highest BCUT2D eigenvalue weighted by Crippen LogP contribution is 2.36. The lowest BCUT2D eigenvalue weighted by Crippen LogP contribution is -2.11. The van der Waals surface area contributed by atoms with Gasteiger partial charge in [-0.1, -0.05) is 18.2 Å². The Labute approximate surface area is 96.7 Å². The number of halogens is 3. The van der Waals surface area contributed by atoms with Gasteiger partial charge < -0.3 is 4.79 Å². The van der Waals surface area contributed by atoms with Crippen molar-refractivity contribution in [1.82, 2.24) is 0 Å². The summed E-state index contributed by atoms with van der Waals surface area (Å²) in [5, 5.41) is 8.86. The zero-order valence-electron chi connectivity index (χ0n) is 8.87. The van der Waals surface area contributed by atoms with Gasteiger partial charge in [-0.15, -0.1) is 0 Å². The van der Waals surface area contributed by atoms with Crippen LogP contribution < -0.4 is 0 Å². The van der Waals surface area contributed by atoms with E-state index in [0.717, 1.165) is 6.07 Å². The maximum atomic E-state index is 12.7. The molecule has 0 bridgehead atoms. The Morgan fingerprint density at radius 3 is 2.53 bits per heavy atom. The summed E-state index contributed by atoms with van der Waals surface area (Å²) in [6.07, 6.45) is -3.70. The van der Waals surface area contributed by atoms with E-state index in [1.807, 2.05) is 0 Å². The standard InChI is InChI=1S/C12H10F3NO/c13-12(14,15)11-6-2-1-5-10(11)9(8-16)4-3-7-17/h1-2,5-7,9H,3-4H2. The predicted molar refractivity (Wildman–Crippen MR) is 55.1 cm³/mol. The Bertz CT molecular complexity index is 434. The molecule has 90 valence electrons. The lowest BCUT2D eigenvalue weighted by atomic mass is 9.91. The molecule has 0 aliphatic rings. The molecule has 0 fully saturated rings. The summed E-state index contributed by atoms with van der Waals surface area (Å²) in [6.45, 7) is 0. The number of carbonyl (C=O) groups excluding carboxylic acids is 1. The lowest BCUT2D eigenvalue weighted by Gasteiger charge is -2.15. The summed E-state index contributed by atoms with van der Waals surface area (Å²) >= 11 is 0. The second kappa shape index (κ2) is 5.48. The third-order valence-electron chi connectivity index (χ3n) is 2.37. The smallest absolute Gasteiger partial charge is 0.303 e. The number of hydrogen-bond donors (Lipinski definition) is 0. The van der Waals surface area contributed by atoms with Gasteiger partial charge in [-0.2, -0.15) is 18.4 Å². The monoisotopic (exact) mass is 241 g/mol. The minimum Gasteiger partial charge on any atom is -0.303 e. The number of rotatable bonds is 4. The topological polar surface area (TPSA) is 40.9 Å². The predicted octanol–water partition coefficient (Wildman–Crippen LogP) is 3.29. The molecule has 5 heteroatoms. The summed E-state index contributed by atoms with van der Waals surface area (Å²) < 4.78 is 38.1. The van der Waals surface area contributed by atoms with Gasteiger partial charge in [0.05, 0.1) is 17.6 Å². The first-order valence-electron chi connectivity index (χ1n) is 5.00. The number of nitrogens with zero attached hydrogens (tertiary/aromatic N) is 1. The first kappa shape index (κ1) is 13.2. The van der Waals surface area contributed by atoms with Crippen LogP contribution in [0.4, 0.5) is 13.2 Å². The molecule has 0 aliphatic carbocycles. The van der Waals surface area contributed by atoms with Gasteiger partial charge in [-0.05, 0) is 18.1 Å². The van der Waals surface area contributed by atoms with Gasteiger partial charge in [-0.3, -0.25) is 0 Å². The van der Waals surface area contributed by atoms with Gasteiger partial charge in [0.15, 0.2) is 0 Å².